The van der Waals surface area contributed by atoms with Crippen LogP contribution < -0.4 is 0 Å². The minimum atomic E-state index is 0.0632. The molecule has 5 saturated carbocycles. The minimum absolute atomic E-state index is 0.0632. The summed E-state index contributed by atoms with van der Waals surface area (Å²) in [7, 11) is 0. The maximum atomic E-state index is 5.22. The van der Waals surface area contributed by atoms with Gasteiger partial charge in [0.2, 0.25) is 0 Å². The van der Waals surface area contributed by atoms with Crippen molar-refractivity contribution in [2.45, 2.75) is 68.2 Å². The van der Waals surface area contributed by atoms with Gasteiger partial charge in [-0.2, -0.15) is 9.78 Å². The molecule has 0 amide bonds. The summed E-state index contributed by atoms with van der Waals surface area (Å²) in [6.45, 7) is 0. The van der Waals surface area contributed by atoms with Crippen LogP contribution in [-0.4, -0.2) is 34.5 Å². The molecule has 5 fully saturated rings. The van der Waals surface area contributed by atoms with Crippen LogP contribution in [0.25, 0.3) is 5.82 Å². The highest BCUT2D eigenvalue weighted by Gasteiger charge is 2.61. The zero-order valence-electron chi connectivity index (χ0n) is 16.5. The summed E-state index contributed by atoms with van der Waals surface area (Å²) in [6.07, 6.45) is 15.2. The Hall–Kier alpha value is -2.57. The highest BCUT2D eigenvalue weighted by atomic mass is 15.4. The minimum Gasteiger partial charge on any atom is -0.247 e. The topological polar surface area (TPSA) is 74.3 Å². The maximum Gasteiger partial charge on any atom is 0.155 e. The molecular formula is C22H25N7. The van der Waals surface area contributed by atoms with Crippen LogP contribution in [0.5, 0.6) is 0 Å². The van der Waals surface area contributed by atoms with E-state index in [2.05, 4.69) is 30.5 Å². The van der Waals surface area contributed by atoms with Crippen molar-refractivity contribution in [2.75, 3.05) is 0 Å². The van der Waals surface area contributed by atoms with Gasteiger partial charge < -0.3 is 0 Å². The van der Waals surface area contributed by atoms with Crippen LogP contribution in [0.2, 0.25) is 0 Å². The van der Waals surface area contributed by atoms with Crippen molar-refractivity contribution in [3.05, 3.63) is 48.7 Å². The van der Waals surface area contributed by atoms with E-state index < -0.39 is 0 Å². The summed E-state index contributed by atoms with van der Waals surface area (Å²) in [5, 5.41) is 9.60. The molecule has 8 rings (SSSR count). The highest BCUT2D eigenvalue weighted by Crippen LogP contribution is 2.64. The van der Waals surface area contributed by atoms with E-state index in [1.54, 1.807) is 6.33 Å². The van der Waals surface area contributed by atoms with Crippen LogP contribution in [0.1, 0.15) is 68.9 Å². The van der Waals surface area contributed by atoms with Gasteiger partial charge >= 0.3 is 0 Å². The van der Waals surface area contributed by atoms with Gasteiger partial charge in [-0.05, 0) is 75.3 Å². The molecule has 0 radical (unpaired) electrons. The Labute approximate surface area is 169 Å². The van der Waals surface area contributed by atoms with Crippen LogP contribution in [-0.2, 0) is 11.0 Å². The highest BCUT2D eigenvalue weighted by molar-refractivity contribution is 5.30. The Bertz CT molecular complexity index is 1040. The van der Waals surface area contributed by atoms with Crippen LogP contribution in [0.15, 0.2) is 37.1 Å². The van der Waals surface area contributed by atoms with Gasteiger partial charge in [0.05, 0.1) is 5.54 Å². The summed E-state index contributed by atoms with van der Waals surface area (Å²) in [6, 6.07) is 6.07. The first kappa shape index (κ1) is 16.3. The van der Waals surface area contributed by atoms with Crippen LogP contribution in [0.4, 0.5) is 0 Å². The van der Waals surface area contributed by atoms with Gasteiger partial charge in [-0.1, -0.05) is 6.07 Å². The Morgan fingerprint density at radius 2 is 1.90 bits per heavy atom. The molecule has 2 atom stereocenters. The predicted octanol–water partition coefficient (Wildman–Crippen LogP) is 3.38. The number of pyridine rings is 1. The normalized spacial score (nSPS) is 35.3. The summed E-state index contributed by atoms with van der Waals surface area (Å²) in [5.74, 6) is 5.08. The predicted molar refractivity (Wildman–Crippen MR) is 105 cm³/mol. The van der Waals surface area contributed by atoms with Gasteiger partial charge in [-0.3, -0.25) is 0 Å². The van der Waals surface area contributed by atoms with Crippen molar-refractivity contribution in [2.24, 2.45) is 11.8 Å². The van der Waals surface area contributed by atoms with Crippen molar-refractivity contribution in [1.82, 2.24) is 34.5 Å². The second kappa shape index (κ2) is 5.52. The molecule has 0 saturated heterocycles. The van der Waals surface area contributed by atoms with Gasteiger partial charge in [0.15, 0.2) is 11.6 Å². The number of hydrogen-bond acceptors (Lipinski definition) is 5. The first-order valence-electron chi connectivity index (χ1n) is 11.0. The Kier molecular flexibility index (Phi) is 3.09. The van der Waals surface area contributed by atoms with E-state index in [1.807, 2.05) is 24.7 Å². The third kappa shape index (κ3) is 2.33. The van der Waals surface area contributed by atoms with E-state index in [4.69, 9.17) is 10.1 Å². The molecule has 2 unspecified atom stereocenters. The lowest BCUT2D eigenvalue weighted by atomic mass is 9.46. The molecule has 5 aliphatic carbocycles. The number of hydrogen-bond donors (Lipinski definition) is 0. The molecule has 7 heteroatoms. The fourth-order valence-corrected chi connectivity index (χ4v) is 7.02. The monoisotopic (exact) mass is 387 g/mol. The van der Waals surface area contributed by atoms with E-state index in [1.165, 1.54) is 44.9 Å². The van der Waals surface area contributed by atoms with E-state index >= 15 is 0 Å². The molecule has 3 heterocycles. The molecule has 7 nitrogen and oxygen atoms in total. The van der Waals surface area contributed by atoms with Crippen molar-refractivity contribution >= 4 is 0 Å². The summed E-state index contributed by atoms with van der Waals surface area (Å²) in [5.41, 5.74) is 0.148. The fraction of sp³-hybridized carbons (Fsp3) is 0.591. The van der Waals surface area contributed by atoms with Crippen molar-refractivity contribution < 1.29 is 0 Å². The van der Waals surface area contributed by atoms with Crippen LogP contribution in [0.3, 0.4) is 0 Å². The number of rotatable bonds is 4. The lowest BCUT2D eigenvalue weighted by molar-refractivity contribution is -0.0723. The molecule has 0 aliphatic heterocycles. The zero-order valence-corrected chi connectivity index (χ0v) is 16.5. The largest absolute Gasteiger partial charge is 0.247 e. The molecule has 0 aromatic carbocycles. The molecular weight excluding hydrogens is 362 g/mol. The van der Waals surface area contributed by atoms with Crippen molar-refractivity contribution in [3.63, 3.8) is 0 Å². The zero-order chi connectivity index (χ0) is 19.1. The summed E-state index contributed by atoms with van der Waals surface area (Å²) in [4.78, 5) is 14.1. The summed E-state index contributed by atoms with van der Waals surface area (Å²) < 4.78 is 4.25. The third-order valence-electron chi connectivity index (χ3n) is 7.84. The molecule has 0 N–H and O–H groups in total. The average molecular weight is 387 g/mol. The second-order valence-electron chi connectivity index (χ2n) is 9.97. The lowest BCUT2D eigenvalue weighted by Crippen LogP contribution is -2.59. The molecule has 148 valence electrons. The molecule has 29 heavy (non-hydrogen) atoms. The quantitative estimate of drug-likeness (QED) is 0.686. The van der Waals surface area contributed by atoms with Crippen molar-refractivity contribution in [1.29, 1.82) is 0 Å². The van der Waals surface area contributed by atoms with Crippen LogP contribution in [0, 0.1) is 11.8 Å². The standard InChI is InChI=1S/C22H25N7/c1-2-6-24-18(3-1)29-20(26-19(27-29)17-4-5-17)21-8-15-7-16(9-21)11-22(10-15,12-21)28-14-23-13-25-28/h1-3,6,13-17H,4-5,7-12H2. The second-order valence-corrected chi connectivity index (χ2v) is 9.97. The molecule has 3 aromatic heterocycles. The van der Waals surface area contributed by atoms with Crippen molar-refractivity contribution in [3.8, 4) is 5.82 Å². The Morgan fingerprint density at radius 1 is 1.03 bits per heavy atom. The number of aromatic nitrogens is 7. The van der Waals surface area contributed by atoms with Gasteiger partial charge in [0.25, 0.3) is 0 Å². The first-order chi connectivity index (χ1) is 14.2. The molecule has 4 bridgehead atoms. The average Bonchev–Trinajstić information content (AvgIpc) is 3.24. The molecule has 5 aliphatic rings. The van der Waals surface area contributed by atoms with E-state index in [0.29, 0.717) is 5.92 Å². The van der Waals surface area contributed by atoms with E-state index in [9.17, 15) is 0 Å². The number of nitrogens with zero attached hydrogens (tertiary/aromatic N) is 7. The van der Waals surface area contributed by atoms with Gasteiger partial charge in [-0.25, -0.2) is 19.6 Å². The van der Waals surface area contributed by atoms with E-state index in [-0.39, 0.29) is 11.0 Å². The lowest BCUT2D eigenvalue weighted by Gasteiger charge is -2.61. The molecule has 3 aromatic rings. The molecule has 0 spiro atoms. The first-order valence-corrected chi connectivity index (χ1v) is 11.0. The smallest absolute Gasteiger partial charge is 0.155 e. The van der Waals surface area contributed by atoms with Crippen LogP contribution >= 0.6 is 0 Å². The van der Waals surface area contributed by atoms with Gasteiger partial charge in [-0.15, -0.1) is 5.10 Å². The van der Waals surface area contributed by atoms with E-state index in [0.717, 1.165) is 35.7 Å². The Morgan fingerprint density at radius 3 is 2.59 bits per heavy atom. The third-order valence-corrected chi connectivity index (χ3v) is 7.84. The fourth-order valence-electron chi connectivity index (χ4n) is 7.02. The van der Waals surface area contributed by atoms with Gasteiger partial charge in [0, 0.05) is 17.5 Å². The Balaban J connectivity index is 1.39. The summed E-state index contributed by atoms with van der Waals surface area (Å²) >= 11 is 0. The SMILES string of the molecule is c1ccc(-n2nc(C3CC3)nc2C23CC4CC(C2)CC(n2cncn2)(C4)C3)nc1. The van der Waals surface area contributed by atoms with Gasteiger partial charge in [0.1, 0.15) is 18.5 Å². The maximum absolute atomic E-state index is 5.22.